The highest BCUT2D eigenvalue weighted by Crippen LogP contribution is 2.39. The topological polar surface area (TPSA) is 125 Å². The number of amidine groups is 1. The number of ether oxygens (including phenoxy) is 1. The van der Waals surface area contributed by atoms with Crippen molar-refractivity contribution in [1.29, 1.82) is 0 Å². The highest BCUT2D eigenvalue weighted by atomic mass is 32.2. The van der Waals surface area contributed by atoms with E-state index in [-0.39, 0.29) is 33.6 Å². The molecule has 2 aromatic carbocycles. The van der Waals surface area contributed by atoms with Crippen molar-refractivity contribution in [2.24, 2.45) is 16.2 Å². The van der Waals surface area contributed by atoms with Crippen LogP contribution in [0.4, 0.5) is 11.4 Å². The summed E-state index contributed by atoms with van der Waals surface area (Å²) in [6.45, 7) is 4.32. The van der Waals surface area contributed by atoms with E-state index in [1.165, 1.54) is 30.2 Å². The van der Waals surface area contributed by atoms with Crippen LogP contribution in [0.15, 0.2) is 45.7 Å². The summed E-state index contributed by atoms with van der Waals surface area (Å²) in [6, 6.07) is 8.87. The molecule has 0 fully saturated rings. The number of aromatic hydroxyl groups is 1. The summed E-state index contributed by atoms with van der Waals surface area (Å²) < 4.78 is 34.5. The number of fused-ring (bicyclic) bond motifs is 2. The molecule has 1 atom stereocenters. The van der Waals surface area contributed by atoms with E-state index in [1.54, 1.807) is 18.2 Å². The first kappa shape index (κ1) is 21.8. The Bertz CT molecular complexity index is 1250. The molecule has 0 saturated heterocycles. The second-order valence-electron chi connectivity index (χ2n) is 8.08. The molecule has 0 saturated carbocycles. The number of hydrogen-bond donors (Lipinski definition) is 2. The van der Waals surface area contributed by atoms with Crippen LogP contribution in [-0.4, -0.2) is 44.7 Å². The minimum atomic E-state index is -4.19. The van der Waals surface area contributed by atoms with Crippen LogP contribution in [0.25, 0.3) is 0 Å². The number of benzene rings is 2. The molecule has 10 heteroatoms. The summed E-state index contributed by atoms with van der Waals surface area (Å²) in [5.74, 6) is -2.77. The Morgan fingerprint density at radius 2 is 1.97 bits per heavy atom. The summed E-state index contributed by atoms with van der Waals surface area (Å²) in [4.78, 5) is 28.0. The number of Topliss-reactive ketones (excluding diaryl/α,β-unsaturated/α-hetero) is 1. The van der Waals surface area contributed by atoms with E-state index in [4.69, 9.17) is 4.74 Å². The van der Waals surface area contributed by atoms with Crippen molar-refractivity contribution in [2.45, 2.75) is 25.2 Å². The second-order valence-corrected chi connectivity index (χ2v) is 9.65. The molecule has 0 bridgehead atoms. The third kappa shape index (κ3) is 3.60. The molecule has 0 aliphatic carbocycles. The molecule has 2 heterocycles. The average molecular weight is 458 g/mol. The Labute approximate surface area is 185 Å². The summed E-state index contributed by atoms with van der Waals surface area (Å²) in [7, 11) is -2.78. The van der Waals surface area contributed by atoms with Gasteiger partial charge in [-0.25, -0.2) is 0 Å². The van der Waals surface area contributed by atoms with Crippen LogP contribution in [0.2, 0.25) is 0 Å². The van der Waals surface area contributed by atoms with E-state index in [9.17, 15) is 23.1 Å². The summed E-state index contributed by atoms with van der Waals surface area (Å²) in [5.41, 5.74) is 0.470. The van der Waals surface area contributed by atoms with E-state index < -0.39 is 27.6 Å². The van der Waals surface area contributed by atoms with E-state index in [0.717, 1.165) is 0 Å². The van der Waals surface area contributed by atoms with Gasteiger partial charge in [0.15, 0.2) is 11.7 Å². The minimum Gasteiger partial charge on any atom is -0.507 e. The van der Waals surface area contributed by atoms with Gasteiger partial charge in [0.1, 0.15) is 22.2 Å². The molecule has 2 aliphatic heterocycles. The predicted octanol–water partition coefficient (Wildman–Crippen LogP) is 2.81. The molecule has 0 aromatic heterocycles. The fourth-order valence-corrected chi connectivity index (χ4v) is 4.98. The monoisotopic (exact) mass is 457 g/mol. The zero-order valence-corrected chi connectivity index (χ0v) is 18.6. The standard InChI is InChI=1S/C22H23N3O6S/c1-12(2)9-10-25-15-5-4-6-16(26)18(15)20(27)19(22(25)28)21-23-14-8-7-13(31-3)11-17(14)32(29,30)24-21/h4-8,11-12,19,26H,9-10H2,1-3H3,(H,23,24). The lowest BCUT2D eigenvalue weighted by Gasteiger charge is -2.35. The number of ketones is 1. The van der Waals surface area contributed by atoms with Gasteiger partial charge in [-0.15, -0.1) is 4.40 Å². The quantitative estimate of drug-likeness (QED) is 0.661. The predicted molar refractivity (Wildman–Crippen MR) is 119 cm³/mol. The zero-order valence-electron chi connectivity index (χ0n) is 17.8. The van der Waals surface area contributed by atoms with Crippen molar-refractivity contribution in [3.05, 3.63) is 42.0 Å². The molecule has 1 unspecified atom stereocenters. The molecule has 2 aliphatic rings. The van der Waals surface area contributed by atoms with Gasteiger partial charge in [0, 0.05) is 12.6 Å². The van der Waals surface area contributed by atoms with Crippen molar-refractivity contribution in [1.82, 2.24) is 0 Å². The third-order valence-corrected chi connectivity index (χ3v) is 6.81. The van der Waals surface area contributed by atoms with E-state index >= 15 is 0 Å². The number of hydrogen-bond acceptors (Lipinski definition) is 7. The third-order valence-electron chi connectivity index (χ3n) is 5.48. The number of phenolic OH excluding ortho intramolecular Hbond substituents is 1. The first-order valence-corrected chi connectivity index (χ1v) is 11.6. The Balaban J connectivity index is 1.81. The molecule has 32 heavy (non-hydrogen) atoms. The molecule has 4 rings (SSSR count). The lowest BCUT2D eigenvalue weighted by molar-refractivity contribution is -0.119. The fraction of sp³-hybridized carbons (Fsp3) is 0.318. The van der Waals surface area contributed by atoms with Gasteiger partial charge >= 0.3 is 0 Å². The van der Waals surface area contributed by atoms with Gasteiger partial charge in [0.2, 0.25) is 5.91 Å². The van der Waals surface area contributed by atoms with Gasteiger partial charge in [-0.05, 0) is 36.6 Å². The van der Waals surface area contributed by atoms with Crippen molar-refractivity contribution >= 4 is 38.9 Å². The number of amides is 1. The number of anilines is 2. The SMILES string of the molecule is COc1ccc2c(c1)S(=O)(=O)N=C(C1C(=O)c3c(O)cccc3N(CCC(C)C)C1=O)N2. The van der Waals surface area contributed by atoms with Crippen LogP contribution in [-0.2, 0) is 14.8 Å². The maximum atomic E-state index is 13.4. The number of nitrogens with zero attached hydrogens (tertiary/aromatic N) is 2. The van der Waals surface area contributed by atoms with Crippen LogP contribution >= 0.6 is 0 Å². The molecule has 1 amide bonds. The molecule has 2 aromatic rings. The van der Waals surface area contributed by atoms with E-state index in [1.807, 2.05) is 13.8 Å². The van der Waals surface area contributed by atoms with Crippen molar-refractivity contribution in [3.63, 3.8) is 0 Å². The van der Waals surface area contributed by atoms with Gasteiger partial charge in [0.25, 0.3) is 10.0 Å². The number of carbonyl (C=O) groups excluding carboxylic acids is 2. The molecular formula is C22H23N3O6S. The van der Waals surface area contributed by atoms with Crippen molar-refractivity contribution in [2.75, 3.05) is 23.9 Å². The van der Waals surface area contributed by atoms with Gasteiger partial charge in [-0.1, -0.05) is 19.9 Å². The molecular weight excluding hydrogens is 434 g/mol. The lowest BCUT2D eigenvalue weighted by Crippen LogP contribution is -2.50. The Morgan fingerprint density at radius 1 is 1.22 bits per heavy atom. The Kier molecular flexibility index (Phi) is 5.41. The first-order valence-electron chi connectivity index (χ1n) is 10.1. The number of phenols is 1. The number of sulfonamides is 1. The van der Waals surface area contributed by atoms with Gasteiger partial charge in [-0.3, -0.25) is 9.59 Å². The van der Waals surface area contributed by atoms with Crippen molar-refractivity contribution in [3.8, 4) is 11.5 Å². The number of nitrogens with one attached hydrogen (secondary N) is 1. The van der Waals surface area contributed by atoms with Crippen molar-refractivity contribution < 1.29 is 27.9 Å². The molecule has 168 valence electrons. The minimum absolute atomic E-state index is 0.0247. The average Bonchev–Trinajstić information content (AvgIpc) is 2.72. The van der Waals surface area contributed by atoms with Crippen LogP contribution in [0.1, 0.15) is 30.6 Å². The fourth-order valence-electron chi connectivity index (χ4n) is 3.81. The smallest absolute Gasteiger partial charge is 0.286 e. The number of rotatable bonds is 5. The van der Waals surface area contributed by atoms with Gasteiger partial charge in [-0.2, -0.15) is 8.42 Å². The van der Waals surface area contributed by atoms with Crippen LogP contribution in [0, 0.1) is 11.8 Å². The number of carbonyl (C=O) groups is 2. The first-order chi connectivity index (χ1) is 15.1. The Morgan fingerprint density at radius 3 is 2.66 bits per heavy atom. The van der Waals surface area contributed by atoms with E-state index in [2.05, 4.69) is 9.71 Å². The highest BCUT2D eigenvalue weighted by Gasteiger charge is 2.46. The second kappa shape index (κ2) is 7.94. The molecule has 0 radical (unpaired) electrons. The summed E-state index contributed by atoms with van der Waals surface area (Å²) >= 11 is 0. The van der Waals surface area contributed by atoms with Gasteiger partial charge < -0.3 is 20.1 Å². The summed E-state index contributed by atoms with van der Waals surface area (Å²) in [5, 5.41) is 13.2. The van der Waals surface area contributed by atoms with E-state index in [0.29, 0.717) is 24.4 Å². The van der Waals surface area contributed by atoms with Crippen LogP contribution in [0.5, 0.6) is 11.5 Å². The number of methoxy groups -OCH3 is 1. The lowest BCUT2D eigenvalue weighted by atomic mass is 9.88. The zero-order chi connectivity index (χ0) is 23.2. The van der Waals surface area contributed by atoms with Crippen LogP contribution in [0.3, 0.4) is 0 Å². The largest absolute Gasteiger partial charge is 0.507 e. The van der Waals surface area contributed by atoms with Crippen LogP contribution < -0.4 is 15.0 Å². The maximum Gasteiger partial charge on any atom is 0.286 e. The molecule has 9 nitrogen and oxygen atoms in total. The maximum absolute atomic E-state index is 13.4. The highest BCUT2D eigenvalue weighted by molar-refractivity contribution is 7.90. The molecule has 0 spiro atoms. The Hall–Kier alpha value is -3.40. The van der Waals surface area contributed by atoms with Gasteiger partial charge in [0.05, 0.1) is 24.0 Å². The summed E-state index contributed by atoms with van der Waals surface area (Å²) in [6.07, 6.45) is 0.655. The normalized spacial score (nSPS) is 19.2. The molecule has 2 N–H and O–H groups in total.